The lowest BCUT2D eigenvalue weighted by Gasteiger charge is -2.12. The van der Waals surface area contributed by atoms with Crippen molar-refractivity contribution in [3.8, 4) is 11.5 Å². The van der Waals surface area contributed by atoms with Gasteiger partial charge < -0.3 is 9.47 Å². The highest BCUT2D eigenvalue weighted by molar-refractivity contribution is 7.21. The fourth-order valence-electron chi connectivity index (χ4n) is 2.99. The lowest BCUT2D eigenvalue weighted by atomic mass is 10.2. The van der Waals surface area contributed by atoms with Crippen molar-refractivity contribution in [1.29, 1.82) is 0 Å². The number of carbonyl (C=O) groups is 2. The maximum Gasteiger partial charge on any atom is 0.355 e. The van der Waals surface area contributed by atoms with Gasteiger partial charge in [-0.2, -0.15) is 5.10 Å². The Morgan fingerprint density at radius 2 is 1.76 bits per heavy atom. The number of rotatable bonds is 7. The van der Waals surface area contributed by atoms with Gasteiger partial charge in [0, 0.05) is 15.1 Å². The fraction of sp³-hybridized carbons (Fsp3) is 0.0800. The quantitative estimate of drug-likeness (QED) is 0.135. The lowest BCUT2D eigenvalue weighted by molar-refractivity contribution is -0.127. The molecule has 1 N–H and O–H groups in total. The van der Waals surface area contributed by atoms with E-state index in [1.54, 1.807) is 55.5 Å². The monoisotopic (exact) mass is 512 g/mol. The van der Waals surface area contributed by atoms with Crippen molar-refractivity contribution in [3.05, 3.63) is 93.3 Å². The summed E-state index contributed by atoms with van der Waals surface area (Å²) in [5.41, 5.74) is 3.05. The van der Waals surface area contributed by atoms with Crippen molar-refractivity contribution in [1.82, 2.24) is 5.43 Å². The molecule has 1 heterocycles. The summed E-state index contributed by atoms with van der Waals surface area (Å²) in [6.45, 7) is 1.61. The third kappa shape index (κ3) is 5.75. The maximum absolute atomic E-state index is 12.7. The number of halogens is 2. The molecule has 34 heavy (non-hydrogen) atoms. The number of nitrogens with zero attached hydrogens (tertiary/aromatic N) is 1. The van der Waals surface area contributed by atoms with Crippen LogP contribution in [0.4, 0.5) is 0 Å². The number of ether oxygens (including phenoxy) is 2. The minimum atomic E-state index is -0.767. The first-order valence-electron chi connectivity index (χ1n) is 10.1. The summed E-state index contributed by atoms with van der Waals surface area (Å²) in [5, 5.41) is 5.72. The first kappa shape index (κ1) is 23.8. The van der Waals surface area contributed by atoms with Gasteiger partial charge in [0.1, 0.15) is 16.4 Å². The van der Waals surface area contributed by atoms with Crippen LogP contribution in [0.15, 0.2) is 77.9 Å². The van der Waals surface area contributed by atoms with Gasteiger partial charge in [0.05, 0.1) is 11.2 Å². The molecule has 0 radical (unpaired) electrons. The van der Waals surface area contributed by atoms with Crippen molar-refractivity contribution < 1.29 is 19.1 Å². The van der Waals surface area contributed by atoms with Crippen LogP contribution in [0, 0.1) is 0 Å². The minimum absolute atomic E-state index is 0.327. The summed E-state index contributed by atoms with van der Waals surface area (Å²) in [7, 11) is 0. The second-order valence-electron chi connectivity index (χ2n) is 7.15. The molecule has 0 fully saturated rings. The van der Waals surface area contributed by atoms with E-state index in [-0.39, 0.29) is 0 Å². The second-order valence-corrected chi connectivity index (χ2v) is 9.02. The molecule has 9 heteroatoms. The highest BCUT2D eigenvalue weighted by Gasteiger charge is 2.19. The number of hydrogen-bond acceptors (Lipinski definition) is 6. The van der Waals surface area contributed by atoms with E-state index >= 15 is 0 Å². The summed E-state index contributed by atoms with van der Waals surface area (Å²) < 4.78 is 12.0. The Bertz CT molecular complexity index is 1370. The van der Waals surface area contributed by atoms with Crippen LogP contribution in [-0.2, 0) is 4.79 Å². The Balaban J connectivity index is 1.36. The van der Waals surface area contributed by atoms with Crippen LogP contribution in [0.2, 0.25) is 10.0 Å². The van der Waals surface area contributed by atoms with E-state index in [0.29, 0.717) is 32.0 Å². The molecule has 0 aliphatic rings. The van der Waals surface area contributed by atoms with Gasteiger partial charge in [0.2, 0.25) is 0 Å². The first-order valence-corrected chi connectivity index (χ1v) is 11.7. The molecule has 4 rings (SSSR count). The molecule has 0 saturated heterocycles. The van der Waals surface area contributed by atoms with Crippen molar-refractivity contribution in [2.75, 3.05) is 0 Å². The number of nitrogens with one attached hydrogen (secondary N) is 1. The van der Waals surface area contributed by atoms with Gasteiger partial charge in [0.25, 0.3) is 5.91 Å². The highest BCUT2D eigenvalue weighted by Crippen LogP contribution is 2.35. The van der Waals surface area contributed by atoms with Gasteiger partial charge in [-0.25, -0.2) is 10.2 Å². The molecule has 3 aromatic carbocycles. The van der Waals surface area contributed by atoms with Gasteiger partial charge in [-0.3, -0.25) is 4.79 Å². The van der Waals surface area contributed by atoms with E-state index in [1.807, 2.05) is 24.3 Å². The molecule has 0 spiro atoms. The number of hydrogen-bond donors (Lipinski definition) is 1. The normalized spacial score (nSPS) is 12.0. The fourth-order valence-corrected chi connectivity index (χ4v) is 4.50. The number of amides is 1. The Morgan fingerprint density at radius 1 is 1.00 bits per heavy atom. The maximum atomic E-state index is 12.7. The molecular formula is C25H18Cl2N2O4S. The SMILES string of the molecule is C[C@@H](Oc1ccc(Cl)cc1)C(=O)N/N=C\c1cccc(OC(=O)c2sc3ccccc3c2Cl)c1. The lowest BCUT2D eigenvalue weighted by Crippen LogP contribution is -2.33. The highest BCUT2D eigenvalue weighted by atomic mass is 35.5. The molecule has 0 saturated carbocycles. The molecule has 6 nitrogen and oxygen atoms in total. The second kappa shape index (κ2) is 10.7. The third-order valence-electron chi connectivity index (χ3n) is 4.67. The molecule has 1 aromatic heterocycles. The number of fused-ring (bicyclic) bond motifs is 1. The number of hydrazone groups is 1. The Kier molecular flexibility index (Phi) is 7.47. The van der Waals surface area contributed by atoms with Gasteiger partial charge in [-0.05, 0) is 55.0 Å². The molecule has 1 amide bonds. The molecular weight excluding hydrogens is 495 g/mol. The third-order valence-corrected chi connectivity index (χ3v) is 6.58. The zero-order valence-electron chi connectivity index (χ0n) is 17.8. The Morgan fingerprint density at radius 3 is 2.53 bits per heavy atom. The Labute approximate surface area is 209 Å². The summed E-state index contributed by atoms with van der Waals surface area (Å²) >= 11 is 13.5. The van der Waals surface area contributed by atoms with Crippen LogP contribution < -0.4 is 14.9 Å². The van der Waals surface area contributed by atoms with Crippen molar-refractivity contribution in [2.45, 2.75) is 13.0 Å². The number of thiophene rings is 1. The van der Waals surface area contributed by atoms with Crippen molar-refractivity contribution in [2.24, 2.45) is 5.10 Å². The predicted molar refractivity (Wildman–Crippen MR) is 136 cm³/mol. The van der Waals surface area contributed by atoms with E-state index in [1.165, 1.54) is 17.6 Å². The van der Waals surface area contributed by atoms with E-state index in [9.17, 15) is 9.59 Å². The van der Waals surface area contributed by atoms with Gasteiger partial charge >= 0.3 is 5.97 Å². The van der Waals surface area contributed by atoms with Gasteiger partial charge in [-0.15, -0.1) is 11.3 Å². The summed E-state index contributed by atoms with van der Waals surface area (Å²) in [6, 6.07) is 21.0. The average Bonchev–Trinajstić information content (AvgIpc) is 3.17. The minimum Gasteiger partial charge on any atom is -0.481 e. The zero-order chi connectivity index (χ0) is 24.1. The van der Waals surface area contributed by atoms with Crippen molar-refractivity contribution >= 4 is 62.7 Å². The van der Waals surface area contributed by atoms with Crippen LogP contribution in [0.3, 0.4) is 0 Å². The molecule has 0 aliphatic carbocycles. The van der Waals surface area contributed by atoms with E-state index in [4.69, 9.17) is 32.7 Å². The van der Waals surface area contributed by atoms with Crippen molar-refractivity contribution in [3.63, 3.8) is 0 Å². The summed E-state index contributed by atoms with van der Waals surface area (Å²) in [5.74, 6) is -0.118. The van der Waals surface area contributed by atoms with E-state index in [0.717, 1.165) is 10.1 Å². The largest absolute Gasteiger partial charge is 0.481 e. The summed E-state index contributed by atoms with van der Waals surface area (Å²) in [4.78, 5) is 25.2. The van der Waals surface area contributed by atoms with Crippen LogP contribution in [0.25, 0.3) is 10.1 Å². The molecule has 1 atom stereocenters. The smallest absolute Gasteiger partial charge is 0.355 e. The van der Waals surface area contributed by atoms with Crippen LogP contribution in [0.1, 0.15) is 22.2 Å². The molecule has 172 valence electrons. The van der Waals surface area contributed by atoms with Crippen LogP contribution >= 0.6 is 34.5 Å². The molecule has 0 aliphatic heterocycles. The topological polar surface area (TPSA) is 77.0 Å². The van der Waals surface area contributed by atoms with Gasteiger partial charge in [-0.1, -0.05) is 53.5 Å². The summed E-state index contributed by atoms with van der Waals surface area (Å²) in [6.07, 6.45) is 0.674. The van der Waals surface area contributed by atoms with Crippen LogP contribution in [0.5, 0.6) is 11.5 Å². The number of carbonyl (C=O) groups excluding carboxylic acids is 2. The first-order chi connectivity index (χ1) is 16.4. The number of benzene rings is 3. The predicted octanol–water partition coefficient (Wildman–Crippen LogP) is 6.34. The number of esters is 1. The average molecular weight is 513 g/mol. The molecule has 4 aromatic rings. The molecule has 0 bridgehead atoms. The van der Waals surface area contributed by atoms with Crippen LogP contribution in [-0.4, -0.2) is 24.2 Å². The van der Waals surface area contributed by atoms with E-state index in [2.05, 4.69) is 10.5 Å². The Hall–Kier alpha value is -3.39. The standard InChI is InChI=1S/C25H18Cl2N2O4S/c1-15(32-18-11-9-17(26)10-12-18)24(30)29-28-14-16-5-4-6-19(13-16)33-25(31)23-22(27)20-7-2-3-8-21(20)34-23/h2-15H,1H3,(H,29,30)/b28-14-/t15-/m1/s1. The van der Waals surface area contributed by atoms with Gasteiger partial charge in [0.15, 0.2) is 6.10 Å². The molecule has 0 unspecified atom stereocenters. The van der Waals surface area contributed by atoms with E-state index < -0.39 is 18.0 Å². The zero-order valence-corrected chi connectivity index (χ0v) is 20.2.